The van der Waals surface area contributed by atoms with Crippen LogP contribution in [0.15, 0.2) is 67.1 Å². The monoisotopic (exact) mass is 1690 g/mol. The maximum atomic E-state index is 14.5. The van der Waals surface area contributed by atoms with Crippen molar-refractivity contribution >= 4 is 101 Å². The Balaban J connectivity index is 1.50. The molecule has 0 unspecified atom stereocenters. The summed E-state index contributed by atoms with van der Waals surface area (Å²) < 4.78 is 0. The average molecular weight is 1690 g/mol. The summed E-state index contributed by atoms with van der Waals surface area (Å²) in [7, 11) is 0. The van der Waals surface area contributed by atoms with Crippen LogP contribution in [0.2, 0.25) is 0 Å². The Morgan fingerprint density at radius 1 is 0.467 bits per heavy atom. The number of benzene rings is 2. The number of hydrogen-bond donors (Lipinski definition) is 22. The molecule has 0 spiro atoms. The number of hydrogen-bond acceptors (Lipinski definition) is 23. The maximum absolute atomic E-state index is 14.5. The number of likely N-dealkylation sites (tertiary alicyclic amines) is 1. The second-order valence-corrected chi connectivity index (χ2v) is 31.1. The first-order valence-corrected chi connectivity index (χ1v) is 40.0. The third-order valence-electron chi connectivity index (χ3n) is 19.3. The summed E-state index contributed by atoms with van der Waals surface area (Å²) in [6.45, 7) is 14.3. The number of phenols is 1. The van der Waals surface area contributed by atoms with Gasteiger partial charge in [0.15, 0.2) is 0 Å². The number of H-pyrrole nitrogens is 1. The number of imidazole rings is 1. The van der Waals surface area contributed by atoms with Crippen LogP contribution in [-0.2, 0) is 101 Å². The molecule has 41 nitrogen and oxygen atoms in total. The van der Waals surface area contributed by atoms with Gasteiger partial charge in [0.25, 0.3) is 0 Å². The molecule has 0 aliphatic carbocycles. The Kier molecular flexibility index (Phi) is 42.1. The number of aliphatic carboxylic acids is 3. The number of nitrogens with one attached hydrogen (secondary N) is 14. The van der Waals surface area contributed by atoms with Crippen molar-refractivity contribution < 1.29 is 112 Å². The molecule has 24 N–H and O–H groups in total. The summed E-state index contributed by atoms with van der Waals surface area (Å²) in [5.74, 6) is -18.7. The fourth-order valence-corrected chi connectivity index (χ4v) is 12.8. The normalized spacial score (nSPS) is 16.3. The molecule has 2 heterocycles. The van der Waals surface area contributed by atoms with E-state index >= 15 is 0 Å². The maximum Gasteiger partial charge on any atom is 0.325 e. The van der Waals surface area contributed by atoms with Crippen molar-refractivity contribution in [2.24, 2.45) is 29.2 Å². The van der Waals surface area contributed by atoms with E-state index in [9.17, 15) is 112 Å². The van der Waals surface area contributed by atoms with E-state index < -0.39 is 242 Å². The number of nitrogens with two attached hydrogens (primary N) is 2. The molecule has 41 heteroatoms. The van der Waals surface area contributed by atoms with E-state index in [1.165, 1.54) is 50.3 Å². The number of aromatic hydroxyl groups is 1. The van der Waals surface area contributed by atoms with Crippen LogP contribution in [0.1, 0.15) is 163 Å². The van der Waals surface area contributed by atoms with Gasteiger partial charge in [0.2, 0.25) is 82.7 Å². The van der Waals surface area contributed by atoms with E-state index in [1.807, 2.05) is 13.8 Å². The fourth-order valence-electron chi connectivity index (χ4n) is 12.8. The molecule has 1 fully saturated rings. The van der Waals surface area contributed by atoms with Crippen LogP contribution in [0, 0.1) is 17.8 Å². The minimum atomic E-state index is -1.96. The van der Waals surface area contributed by atoms with Gasteiger partial charge in [-0.2, -0.15) is 0 Å². The van der Waals surface area contributed by atoms with Gasteiger partial charge in [-0.25, -0.2) is 4.98 Å². The van der Waals surface area contributed by atoms with E-state index in [1.54, 1.807) is 70.2 Å². The van der Waals surface area contributed by atoms with Gasteiger partial charge in [0, 0.05) is 38.4 Å². The molecule has 0 saturated carbocycles. The lowest BCUT2D eigenvalue weighted by molar-refractivity contribution is -0.143. The van der Waals surface area contributed by atoms with Crippen LogP contribution in [0.25, 0.3) is 0 Å². The molecule has 2 aromatic carbocycles. The first kappa shape index (κ1) is 101. The van der Waals surface area contributed by atoms with E-state index in [0.29, 0.717) is 24.0 Å². The van der Waals surface area contributed by atoms with Crippen molar-refractivity contribution in [1.29, 1.82) is 0 Å². The molecule has 3 aromatic rings. The molecular weight excluding hydrogens is 1570 g/mol. The highest BCUT2D eigenvalue weighted by molar-refractivity contribution is 6.01. The number of carbonyl (C=O) groups excluding carboxylic acids is 14. The number of aromatic nitrogens is 2. The Bertz CT molecular complexity index is 3960. The van der Waals surface area contributed by atoms with Gasteiger partial charge < -0.3 is 121 Å². The molecule has 1 aromatic heterocycles. The highest BCUT2D eigenvalue weighted by atomic mass is 16.4. The molecule has 16 atom stereocenters. The molecule has 664 valence electrons. The van der Waals surface area contributed by atoms with Crippen LogP contribution in [0.3, 0.4) is 0 Å². The van der Waals surface area contributed by atoms with Crippen molar-refractivity contribution in [3.05, 3.63) is 83.9 Å². The number of carboxylic acids is 3. The van der Waals surface area contributed by atoms with E-state index in [2.05, 4.69) is 79.1 Å². The van der Waals surface area contributed by atoms with Gasteiger partial charge in [-0.1, -0.05) is 84.0 Å². The molecule has 14 amide bonds. The van der Waals surface area contributed by atoms with Gasteiger partial charge in [-0.05, 0) is 146 Å². The van der Waals surface area contributed by atoms with Gasteiger partial charge in [-0.3, -0.25) is 81.5 Å². The third-order valence-corrected chi connectivity index (χ3v) is 19.3. The average Bonchev–Trinajstić information content (AvgIpc) is 1.67. The fraction of sp³-hybridized carbons (Fsp3) is 0.595. The zero-order valence-corrected chi connectivity index (χ0v) is 69.2. The van der Waals surface area contributed by atoms with E-state index in [0.717, 1.165) is 6.92 Å². The molecule has 120 heavy (non-hydrogen) atoms. The van der Waals surface area contributed by atoms with Crippen LogP contribution in [0.4, 0.5) is 0 Å². The smallest absolute Gasteiger partial charge is 0.325 e. The number of rotatable bonds is 52. The number of unbranched alkanes of at least 4 members (excludes halogenated alkanes) is 1. The predicted octanol–water partition coefficient (Wildman–Crippen LogP) is -3.72. The molecular formula is C79H120N18O23. The van der Waals surface area contributed by atoms with Crippen molar-refractivity contribution in [3.8, 4) is 5.75 Å². The number of aromatic amines is 1. The summed E-state index contributed by atoms with van der Waals surface area (Å²) in [5, 5.41) is 92.4. The lowest BCUT2D eigenvalue weighted by Crippen LogP contribution is -2.62. The van der Waals surface area contributed by atoms with Gasteiger partial charge in [-0.15, -0.1) is 0 Å². The second-order valence-electron chi connectivity index (χ2n) is 31.1. The third kappa shape index (κ3) is 34.7. The van der Waals surface area contributed by atoms with Crippen LogP contribution < -0.4 is 80.6 Å². The van der Waals surface area contributed by atoms with Crippen molar-refractivity contribution in [2.45, 2.75) is 262 Å². The first-order valence-electron chi connectivity index (χ1n) is 40.0. The van der Waals surface area contributed by atoms with Crippen molar-refractivity contribution in [1.82, 2.24) is 84.0 Å². The Morgan fingerprint density at radius 2 is 0.892 bits per heavy atom. The van der Waals surface area contributed by atoms with Gasteiger partial charge in [0.05, 0.1) is 30.8 Å². The highest BCUT2D eigenvalue weighted by Gasteiger charge is 2.42. The summed E-state index contributed by atoms with van der Waals surface area (Å²) in [5.41, 5.74) is 13.4. The summed E-state index contributed by atoms with van der Waals surface area (Å²) in [6.07, 6.45) is -1.68. The molecule has 1 aliphatic heterocycles. The number of aliphatic hydroxyl groups is 2. The Hall–Kier alpha value is -11.7. The lowest BCUT2D eigenvalue weighted by Gasteiger charge is -2.31. The molecule has 0 bridgehead atoms. The Labute approximate surface area is 694 Å². The van der Waals surface area contributed by atoms with Crippen LogP contribution >= 0.6 is 0 Å². The number of aliphatic hydroxyl groups excluding tert-OH is 2. The summed E-state index contributed by atoms with van der Waals surface area (Å²) in [4.78, 5) is 241. The van der Waals surface area contributed by atoms with Crippen LogP contribution in [-0.4, -0.2) is 263 Å². The zero-order chi connectivity index (χ0) is 89.8. The van der Waals surface area contributed by atoms with E-state index in [-0.39, 0.29) is 87.7 Å². The standard InChI is InChI=1S/C79H120N18O23/c1-40(2)31-55(71(111)85-44(8)66(106)91-57(35-47-17-12-11-13-18-47)72(112)86-45(9)79(119)120)90-65(105)43(7)84-68(108)52(19-14-15-29-80)87-75(115)60(38-98)95-70(110)53(25-27-62(101)102)88-73(113)56(32-41(3)4)93-77(117)64(46(10)99)96-74(114)58(36-49-37-82-39-83-49)92-69(109)54(26-28-63(103)104)89-76(116)61-20-16-30-97(61)78(118)59(33-42(5)6)94-67(107)51(81)34-48-21-23-50(100)24-22-48/h11-13,17-18,21-24,37,39-46,51-61,64,98-100H,14-16,19-20,25-36,38,80-81H2,1-10H3,(H,82,83)(H,84,108)(H,85,111)(H,86,112)(H,87,115)(H,88,113)(H,89,116)(H,90,105)(H,91,106)(H,92,109)(H,93,117)(H,94,107)(H,95,110)(H,96,114)(H,101,102)(H,103,104)(H,119,120)/t43-,44-,45-,46+,51-,52-,53-,54-,55-,56-,57-,58-,59-,60-,61-,64-/m0/s1. The molecule has 1 aliphatic rings. The van der Waals surface area contributed by atoms with Crippen molar-refractivity contribution in [3.63, 3.8) is 0 Å². The predicted molar refractivity (Wildman–Crippen MR) is 430 cm³/mol. The second kappa shape index (κ2) is 50.3. The summed E-state index contributed by atoms with van der Waals surface area (Å²) in [6, 6.07) is -8.00. The SMILES string of the molecule is CC(C)C[C@H](NC(=O)[C@H](C)NC(=O)[C@H](CCCCN)NC(=O)[C@H](CO)NC(=O)[C@H](CCC(=O)O)NC(=O)[C@H](CC(C)C)NC(=O)[C@@H](NC(=O)[C@H](Cc1c[nH]cn1)NC(=O)[C@H](CCC(=O)O)NC(=O)[C@@H]1CCCN1C(=O)[C@H](CC(C)C)NC(=O)[C@@H](N)Cc1ccc(O)cc1)[C@@H](C)O)C(=O)N[C@@H](C)C(=O)N[C@@H](Cc1ccccc1)C(=O)N[C@@H](C)C(=O)O. The molecule has 0 radical (unpaired) electrons. The number of phenolic OH excluding ortho intramolecular Hbond substituents is 1. The Morgan fingerprint density at radius 3 is 1.40 bits per heavy atom. The minimum absolute atomic E-state index is 0.00223. The van der Waals surface area contributed by atoms with Crippen molar-refractivity contribution in [2.75, 3.05) is 19.7 Å². The highest BCUT2D eigenvalue weighted by Crippen LogP contribution is 2.23. The zero-order valence-electron chi connectivity index (χ0n) is 69.2. The largest absolute Gasteiger partial charge is 0.508 e. The van der Waals surface area contributed by atoms with Gasteiger partial charge >= 0.3 is 17.9 Å². The topological polar surface area (TPSA) is 652 Å². The molecule has 1 saturated heterocycles. The quantitative estimate of drug-likeness (QED) is 0.0242. The lowest BCUT2D eigenvalue weighted by atomic mass is 10.0. The number of nitrogens with zero attached hydrogens (tertiary/aromatic N) is 2. The minimum Gasteiger partial charge on any atom is -0.508 e. The number of carboxylic acid groups (broad SMARTS) is 3. The summed E-state index contributed by atoms with van der Waals surface area (Å²) >= 11 is 0. The number of carbonyl (C=O) groups is 17. The number of amides is 14. The molecule has 4 rings (SSSR count). The van der Waals surface area contributed by atoms with Gasteiger partial charge in [0.1, 0.15) is 90.3 Å². The van der Waals surface area contributed by atoms with Crippen LogP contribution in [0.5, 0.6) is 5.75 Å². The van der Waals surface area contributed by atoms with E-state index in [4.69, 9.17) is 11.5 Å². The first-order chi connectivity index (χ1) is 56.5.